The van der Waals surface area contributed by atoms with Crippen LogP contribution in [0.3, 0.4) is 0 Å². The highest BCUT2D eigenvalue weighted by atomic mass is 32.1. The molecule has 19 heavy (non-hydrogen) atoms. The predicted molar refractivity (Wildman–Crippen MR) is 72.9 cm³/mol. The molecular formula is C14H14O4S. The molecule has 0 radical (unpaired) electrons. The van der Waals surface area contributed by atoms with Gasteiger partial charge in [0.25, 0.3) is 0 Å². The van der Waals surface area contributed by atoms with Crippen molar-refractivity contribution in [2.45, 2.75) is 6.61 Å². The number of rotatable bonds is 7. The molecule has 1 aromatic heterocycles. The van der Waals surface area contributed by atoms with Crippen molar-refractivity contribution in [1.82, 2.24) is 0 Å². The average Bonchev–Trinajstić information content (AvgIpc) is 2.92. The Bertz CT molecular complexity index is 522. The van der Waals surface area contributed by atoms with E-state index in [0.29, 0.717) is 25.6 Å². The van der Waals surface area contributed by atoms with Gasteiger partial charge in [-0.05, 0) is 23.6 Å². The molecule has 2 rings (SSSR count). The second kappa shape index (κ2) is 6.92. The predicted octanol–water partition coefficient (Wildman–Crippen LogP) is 3.04. The Hall–Kier alpha value is -1.85. The van der Waals surface area contributed by atoms with Gasteiger partial charge in [0.15, 0.2) is 0 Å². The first-order valence-corrected chi connectivity index (χ1v) is 6.70. The summed E-state index contributed by atoms with van der Waals surface area (Å²) in [5.41, 5.74) is 0.167. The van der Waals surface area contributed by atoms with E-state index >= 15 is 0 Å². The summed E-state index contributed by atoms with van der Waals surface area (Å²) >= 11 is 1.64. The highest BCUT2D eigenvalue weighted by molar-refractivity contribution is 7.09. The maximum Gasteiger partial charge on any atom is 0.339 e. The Balaban J connectivity index is 1.75. The SMILES string of the molecule is O=C(O)c1ccccc1OCCOCc1cccs1. The lowest BCUT2D eigenvalue weighted by Crippen LogP contribution is -2.09. The molecule has 0 atom stereocenters. The number of aromatic carboxylic acids is 1. The van der Waals surface area contributed by atoms with Gasteiger partial charge in [0.05, 0.1) is 13.2 Å². The quantitative estimate of drug-likeness (QED) is 0.791. The number of hydrogen-bond donors (Lipinski definition) is 1. The zero-order valence-electron chi connectivity index (χ0n) is 10.2. The third kappa shape index (κ3) is 4.08. The number of benzene rings is 1. The fourth-order valence-corrected chi connectivity index (χ4v) is 2.19. The lowest BCUT2D eigenvalue weighted by Gasteiger charge is -2.08. The van der Waals surface area contributed by atoms with Gasteiger partial charge in [-0.1, -0.05) is 18.2 Å². The van der Waals surface area contributed by atoms with Crippen LogP contribution in [-0.2, 0) is 11.3 Å². The maximum atomic E-state index is 11.0. The maximum absolute atomic E-state index is 11.0. The van der Waals surface area contributed by atoms with Crippen LogP contribution in [0.4, 0.5) is 0 Å². The van der Waals surface area contributed by atoms with Crippen LogP contribution in [0.15, 0.2) is 41.8 Å². The van der Waals surface area contributed by atoms with Crippen LogP contribution in [0.1, 0.15) is 15.2 Å². The smallest absolute Gasteiger partial charge is 0.339 e. The highest BCUT2D eigenvalue weighted by Crippen LogP contribution is 2.17. The summed E-state index contributed by atoms with van der Waals surface area (Å²) in [6.07, 6.45) is 0. The number of carboxylic acids is 1. The monoisotopic (exact) mass is 278 g/mol. The highest BCUT2D eigenvalue weighted by Gasteiger charge is 2.09. The summed E-state index contributed by atoms with van der Waals surface area (Å²) in [5.74, 6) is -0.621. The topological polar surface area (TPSA) is 55.8 Å². The lowest BCUT2D eigenvalue weighted by molar-refractivity contribution is 0.0682. The zero-order chi connectivity index (χ0) is 13.5. The first kappa shape index (κ1) is 13.6. The second-order valence-electron chi connectivity index (χ2n) is 3.78. The van der Waals surface area contributed by atoms with Crippen LogP contribution < -0.4 is 4.74 Å². The third-order valence-corrected chi connectivity index (χ3v) is 3.28. The van der Waals surface area contributed by atoms with E-state index in [4.69, 9.17) is 14.6 Å². The van der Waals surface area contributed by atoms with Crippen molar-refractivity contribution in [1.29, 1.82) is 0 Å². The van der Waals surface area contributed by atoms with E-state index in [1.165, 1.54) is 6.07 Å². The minimum Gasteiger partial charge on any atom is -0.490 e. The first-order chi connectivity index (χ1) is 9.27. The molecule has 0 aliphatic heterocycles. The van der Waals surface area contributed by atoms with E-state index < -0.39 is 5.97 Å². The fourth-order valence-electron chi connectivity index (χ4n) is 1.55. The van der Waals surface area contributed by atoms with Crippen LogP contribution in [0.5, 0.6) is 5.75 Å². The number of carboxylic acid groups (broad SMARTS) is 1. The van der Waals surface area contributed by atoms with E-state index in [9.17, 15) is 4.79 Å². The minimum atomic E-state index is -0.991. The molecule has 100 valence electrons. The fraction of sp³-hybridized carbons (Fsp3) is 0.214. The van der Waals surface area contributed by atoms with Crippen molar-refractivity contribution >= 4 is 17.3 Å². The molecule has 0 saturated heterocycles. The third-order valence-electron chi connectivity index (χ3n) is 2.43. The molecule has 0 spiro atoms. The van der Waals surface area contributed by atoms with Gasteiger partial charge in [-0.25, -0.2) is 4.79 Å². The first-order valence-electron chi connectivity index (χ1n) is 5.82. The standard InChI is InChI=1S/C14H14O4S/c15-14(16)12-5-1-2-6-13(12)18-8-7-17-10-11-4-3-9-19-11/h1-6,9H,7-8,10H2,(H,15,16). The second-order valence-corrected chi connectivity index (χ2v) is 4.81. The number of para-hydroxylation sites is 1. The van der Waals surface area contributed by atoms with Crippen LogP contribution in [-0.4, -0.2) is 24.3 Å². The summed E-state index contributed by atoms with van der Waals surface area (Å²) in [6.45, 7) is 1.31. The zero-order valence-corrected chi connectivity index (χ0v) is 11.1. The molecule has 0 aliphatic carbocycles. The summed E-state index contributed by atoms with van der Waals surface area (Å²) in [6, 6.07) is 10.6. The molecule has 1 heterocycles. The van der Waals surface area contributed by atoms with Gasteiger partial charge >= 0.3 is 5.97 Å². The Morgan fingerprint density at radius 2 is 2.00 bits per heavy atom. The largest absolute Gasteiger partial charge is 0.490 e. The number of thiophene rings is 1. The van der Waals surface area contributed by atoms with Gasteiger partial charge in [0.1, 0.15) is 17.9 Å². The Kier molecular flexibility index (Phi) is 4.94. The molecule has 0 amide bonds. The van der Waals surface area contributed by atoms with Gasteiger partial charge in [-0.2, -0.15) is 0 Å². The van der Waals surface area contributed by atoms with Crippen LogP contribution in [0.25, 0.3) is 0 Å². The van der Waals surface area contributed by atoms with E-state index in [2.05, 4.69) is 0 Å². The average molecular weight is 278 g/mol. The van der Waals surface area contributed by atoms with Crippen molar-refractivity contribution in [3.05, 3.63) is 52.2 Å². The van der Waals surface area contributed by atoms with Crippen molar-refractivity contribution in [2.75, 3.05) is 13.2 Å². The summed E-state index contributed by atoms with van der Waals surface area (Å²) in [5, 5.41) is 11.0. The summed E-state index contributed by atoms with van der Waals surface area (Å²) in [4.78, 5) is 12.1. The molecule has 2 aromatic rings. The normalized spacial score (nSPS) is 10.3. The Labute approximate surface area is 115 Å². The molecule has 5 heteroatoms. The van der Waals surface area contributed by atoms with Crippen LogP contribution in [0.2, 0.25) is 0 Å². The number of carbonyl (C=O) groups is 1. The van der Waals surface area contributed by atoms with Gasteiger partial charge in [0, 0.05) is 4.88 Å². The van der Waals surface area contributed by atoms with Crippen molar-refractivity contribution in [2.24, 2.45) is 0 Å². The van der Waals surface area contributed by atoms with Gasteiger partial charge < -0.3 is 14.6 Å². The molecular weight excluding hydrogens is 264 g/mol. The van der Waals surface area contributed by atoms with E-state index in [1.807, 2.05) is 17.5 Å². The minimum absolute atomic E-state index is 0.167. The van der Waals surface area contributed by atoms with E-state index in [-0.39, 0.29) is 5.56 Å². The van der Waals surface area contributed by atoms with E-state index in [1.54, 1.807) is 29.5 Å². The summed E-state index contributed by atoms with van der Waals surface area (Å²) < 4.78 is 10.9. The van der Waals surface area contributed by atoms with Crippen LogP contribution >= 0.6 is 11.3 Å². The van der Waals surface area contributed by atoms with Crippen molar-refractivity contribution in [3.63, 3.8) is 0 Å². The molecule has 0 fully saturated rings. The molecule has 1 N–H and O–H groups in total. The molecule has 0 saturated carbocycles. The number of hydrogen-bond acceptors (Lipinski definition) is 4. The molecule has 1 aromatic carbocycles. The van der Waals surface area contributed by atoms with Crippen molar-refractivity contribution in [3.8, 4) is 5.75 Å². The number of ether oxygens (including phenoxy) is 2. The van der Waals surface area contributed by atoms with Gasteiger partial charge in [0.2, 0.25) is 0 Å². The van der Waals surface area contributed by atoms with Gasteiger partial charge in [-0.3, -0.25) is 0 Å². The van der Waals surface area contributed by atoms with E-state index in [0.717, 1.165) is 4.88 Å². The Morgan fingerprint density at radius 3 is 2.74 bits per heavy atom. The van der Waals surface area contributed by atoms with Crippen molar-refractivity contribution < 1.29 is 19.4 Å². The molecule has 4 nitrogen and oxygen atoms in total. The molecule has 0 unspecified atom stereocenters. The molecule has 0 aliphatic rings. The van der Waals surface area contributed by atoms with Crippen LogP contribution in [0, 0.1) is 0 Å². The summed E-state index contributed by atoms with van der Waals surface area (Å²) in [7, 11) is 0. The molecule has 0 bridgehead atoms. The Morgan fingerprint density at radius 1 is 1.16 bits per heavy atom. The lowest BCUT2D eigenvalue weighted by atomic mass is 10.2. The van der Waals surface area contributed by atoms with Gasteiger partial charge in [-0.15, -0.1) is 11.3 Å².